The second kappa shape index (κ2) is 6.41. The van der Waals surface area contributed by atoms with Crippen LogP contribution in [0.3, 0.4) is 0 Å². The van der Waals surface area contributed by atoms with E-state index in [4.69, 9.17) is 11.6 Å². The maximum absolute atomic E-state index is 11.9. The first-order valence-corrected chi connectivity index (χ1v) is 6.72. The van der Waals surface area contributed by atoms with Crippen LogP contribution in [-0.2, 0) is 9.59 Å². The second-order valence-electron chi connectivity index (χ2n) is 4.54. The van der Waals surface area contributed by atoms with Gasteiger partial charge in [-0.25, -0.2) is 4.68 Å². The van der Waals surface area contributed by atoms with Gasteiger partial charge in [-0.1, -0.05) is 23.7 Å². The highest BCUT2D eigenvalue weighted by Gasteiger charge is 2.14. The minimum atomic E-state index is -0.619. The van der Waals surface area contributed by atoms with Gasteiger partial charge in [0.2, 0.25) is 11.8 Å². The van der Waals surface area contributed by atoms with E-state index in [1.165, 1.54) is 13.1 Å². The van der Waals surface area contributed by atoms with Gasteiger partial charge in [0.25, 0.3) is 0 Å². The fourth-order valence-electron chi connectivity index (χ4n) is 1.78. The van der Waals surface area contributed by atoms with Gasteiger partial charge >= 0.3 is 0 Å². The maximum Gasteiger partial charge on any atom is 0.246 e. The lowest BCUT2D eigenvalue weighted by atomic mass is 10.3. The highest BCUT2D eigenvalue weighted by molar-refractivity contribution is 6.32. The van der Waals surface area contributed by atoms with Gasteiger partial charge in [0.15, 0.2) is 0 Å². The van der Waals surface area contributed by atoms with Crippen molar-refractivity contribution in [3.63, 3.8) is 0 Å². The van der Waals surface area contributed by atoms with Crippen molar-refractivity contribution in [3.05, 3.63) is 41.7 Å². The van der Waals surface area contributed by atoms with Crippen molar-refractivity contribution in [1.29, 1.82) is 0 Å². The molecule has 6 nitrogen and oxygen atoms in total. The first kappa shape index (κ1) is 15.1. The number of nitrogens with one attached hydrogen (secondary N) is 2. The number of benzene rings is 1. The Labute approximate surface area is 127 Å². The fraction of sp³-hybridized carbons (Fsp3) is 0.214. The van der Waals surface area contributed by atoms with Crippen LogP contribution in [0.25, 0.3) is 5.69 Å². The fourth-order valence-corrected chi connectivity index (χ4v) is 2.00. The minimum absolute atomic E-state index is 0.260. The van der Waals surface area contributed by atoms with Gasteiger partial charge in [0.1, 0.15) is 6.04 Å². The van der Waals surface area contributed by atoms with Crippen molar-refractivity contribution >= 4 is 29.1 Å². The third kappa shape index (κ3) is 3.82. The number of rotatable bonds is 4. The largest absolute Gasteiger partial charge is 0.345 e. The van der Waals surface area contributed by atoms with E-state index in [2.05, 4.69) is 15.7 Å². The van der Waals surface area contributed by atoms with Gasteiger partial charge in [-0.15, -0.1) is 0 Å². The average Bonchev–Trinajstić information content (AvgIpc) is 2.86. The highest BCUT2D eigenvalue weighted by Crippen LogP contribution is 2.20. The molecule has 1 aromatic heterocycles. The van der Waals surface area contributed by atoms with Crippen molar-refractivity contribution in [2.75, 3.05) is 5.32 Å². The molecule has 0 aliphatic heterocycles. The quantitative estimate of drug-likeness (QED) is 0.907. The Morgan fingerprint density at radius 2 is 2.05 bits per heavy atom. The van der Waals surface area contributed by atoms with Gasteiger partial charge in [-0.2, -0.15) is 5.10 Å². The number of aromatic nitrogens is 2. The summed E-state index contributed by atoms with van der Waals surface area (Å²) in [7, 11) is 0. The van der Waals surface area contributed by atoms with Crippen molar-refractivity contribution in [2.24, 2.45) is 0 Å². The lowest BCUT2D eigenvalue weighted by Gasteiger charge is -2.11. The smallest absolute Gasteiger partial charge is 0.246 e. The summed E-state index contributed by atoms with van der Waals surface area (Å²) in [5.41, 5.74) is 1.24. The van der Waals surface area contributed by atoms with E-state index >= 15 is 0 Å². The zero-order chi connectivity index (χ0) is 15.4. The van der Waals surface area contributed by atoms with Crippen LogP contribution in [0.4, 0.5) is 5.69 Å². The Kier molecular flexibility index (Phi) is 4.59. The maximum atomic E-state index is 11.9. The number of carbonyl (C=O) groups is 2. The Balaban J connectivity index is 2.09. The van der Waals surface area contributed by atoms with Crippen LogP contribution in [0, 0.1) is 0 Å². The molecule has 2 aromatic rings. The zero-order valence-corrected chi connectivity index (χ0v) is 12.4. The summed E-state index contributed by atoms with van der Waals surface area (Å²) < 4.78 is 1.57. The zero-order valence-electron chi connectivity index (χ0n) is 11.6. The Morgan fingerprint density at radius 1 is 1.33 bits per heavy atom. The second-order valence-corrected chi connectivity index (χ2v) is 4.94. The summed E-state index contributed by atoms with van der Waals surface area (Å²) in [6.45, 7) is 2.97. The number of hydrogen-bond acceptors (Lipinski definition) is 3. The number of nitrogens with zero attached hydrogens (tertiary/aromatic N) is 2. The SMILES string of the molecule is CC(=O)NC(C)C(=O)Nc1cnn(-c2ccccc2Cl)c1. The molecule has 0 radical (unpaired) electrons. The number of hydrogen-bond donors (Lipinski definition) is 2. The number of anilines is 1. The number of carbonyl (C=O) groups excluding carboxylic acids is 2. The molecule has 1 unspecified atom stereocenters. The lowest BCUT2D eigenvalue weighted by molar-refractivity contribution is -0.124. The summed E-state index contributed by atoms with van der Waals surface area (Å²) in [4.78, 5) is 22.8. The molecule has 0 spiro atoms. The molecule has 7 heteroatoms. The number of halogens is 1. The molecule has 2 rings (SSSR count). The van der Waals surface area contributed by atoms with Crippen LogP contribution in [0.1, 0.15) is 13.8 Å². The molecule has 1 atom stereocenters. The minimum Gasteiger partial charge on any atom is -0.345 e. The molecule has 0 fully saturated rings. The summed E-state index contributed by atoms with van der Waals surface area (Å²) in [5.74, 6) is -0.576. The molecule has 1 aromatic carbocycles. The first-order valence-electron chi connectivity index (χ1n) is 6.35. The molecule has 0 aliphatic rings. The summed E-state index contributed by atoms with van der Waals surface area (Å²) in [6.07, 6.45) is 3.17. The van der Waals surface area contributed by atoms with Crippen LogP contribution in [0.15, 0.2) is 36.7 Å². The average molecular weight is 307 g/mol. The van der Waals surface area contributed by atoms with Gasteiger partial charge in [0, 0.05) is 6.92 Å². The molecule has 0 saturated carbocycles. The highest BCUT2D eigenvalue weighted by atomic mass is 35.5. The number of para-hydroxylation sites is 1. The van der Waals surface area contributed by atoms with E-state index < -0.39 is 6.04 Å². The van der Waals surface area contributed by atoms with Crippen LogP contribution in [-0.4, -0.2) is 27.6 Å². The normalized spacial score (nSPS) is 11.8. The standard InChI is InChI=1S/C14H15ClN4O2/c1-9(17-10(2)20)14(21)18-11-7-16-19(8-11)13-6-4-3-5-12(13)15/h3-9H,1-2H3,(H,17,20)(H,18,21). The molecule has 1 heterocycles. The predicted octanol–water partition coefficient (Wildman–Crippen LogP) is 1.99. The Hall–Kier alpha value is -2.34. The summed E-state index contributed by atoms with van der Waals surface area (Å²) >= 11 is 6.09. The molecule has 2 amide bonds. The molecule has 110 valence electrons. The molecule has 0 aliphatic carbocycles. The van der Waals surface area contributed by atoms with Crippen LogP contribution >= 0.6 is 11.6 Å². The Morgan fingerprint density at radius 3 is 2.71 bits per heavy atom. The molecule has 2 N–H and O–H groups in total. The third-order valence-electron chi connectivity index (χ3n) is 2.76. The van der Waals surface area contributed by atoms with Gasteiger partial charge < -0.3 is 10.6 Å². The van der Waals surface area contributed by atoms with Crippen LogP contribution in [0.5, 0.6) is 0 Å². The van der Waals surface area contributed by atoms with E-state index in [1.54, 1.807) is 23.9 Å². The molecular formula is C14H15ClN4O2. The first-order chi connectivity index (χ1) is 9.97. The molecule has 0 saturated heterocycles. The lowest BCUT2D eigenvalue weighted by Crippen LogP contribution is -2.40. The van der Waals surface area contributed by atoms with E-state index in [-0.39, 0.29) is 11.8 Å². The summed E-state index contributed by atoms with van der Waals surface area (Å²) in [5, 5.41) is 9.90. The monoisotopic (exact) mass is 306 g/mol. The van der Waals surface area contributed by atoms with E-state index in [1.807, 2.05) is 18.2 Å². The molecule has 21 heavy (non-hydrogen) atoms. The number of amides is 2. The van der Waals surface area contributed by atoms with Gasteiger partial charge in [0.05, 0.1) is 28.8 Å². The van der Waals surface area contributed by atoms with Crippen LogP contribution < -0.4 is 10.6 Å². The predicted molar refractivity (Wildman–Crippen MR) is 80.5 cm³/mol. The van der Waals surface area contributed by atoms with Crippen molar-refractivity contribution < 1.29 is 9.59 Å². The topological polar surface area (TPSA) is 76.0 Å². The van der Waals surface area contributed by atoms with E-state index in [0.717, 1.165) is 5.69 Å². The van der Waals surface area contributed by atoms with Crippen molar-refractivity contribution in [3.8, 4) is 5.69 Å². The van der Waals surface area contributed by atoms with E-state index in [9.17, 15) is 9.59 Å². The third-order valence-corrected chi connectivity index (χ3v) is 3.08. The van der Waals surface area contributed by atoms with Crippen LogP contribution in [0.2, 0.25) is 5.02 Å². The van der Waals surface area contributed by atoms with Crippen molar-refractivity contribution in [1.82, 2.24) is 15.1 Å². The molecule has 0 bridgehead atoms. The summed E-state index contributed by atoms with van der Waals surface area (Å²) in [6, 6.07) is 6.63. The van der Waals surface area contributed by atoms with E-state index in [0.29, 0.717) is 10.7 Å². The van der Waals surface area contributed by atoms with Gasteiger partial charge in [-0.05, 0) is 19.1 Å². The van der Waals surface area contributed by atoms with Crippen molar-refractivity contribution in [2.45, 2.75) is 19.9 Å². The van der Waals surface area contributed by atoms with Gasteiger partial charge in [-0.3, -0.25) is 9.59 Å². The molecular weight excluding hydrogens is 292 g/mol. The Bertz CT molecular complexity index is 668.